The Balaban J connectivity index is 2.07. The van der Waals surface area contributed by atoms with E-state index >= 15 is 0 Å². The molecule has 1 aromatic heterocycles. The van der Waals surface area contributed by atoms with Crippen LogP contribution in [0, 0.1) is 0 Å². The summed E-state index contributed by atoms with van der Waals surface area (Å²) in [5.41, 5.74) is 1.04. The van der Waals surface area contributed by atoms with Crippen LogP contribution in [0.4, 0.5) is 4.79 Å². The van der Waals surface area contributed by atoms with E-state index in [1.165, 1.54) is 6.33 Å². The highest BCUT2D eigenvalue weighted by molar-refractivity contribution is 5.80. The predicted octanol–water partition coefficient (Wildman–Crippen LogP) is 3.61. The Morgan fingerprint density at radius 3 is 2.50 bits per heavy atom. The van der Waals surface area contributed by atoms with E-state index in [4.69, 9.17) is 9.73 Å². The minimum absolute atomic E-state index is 0.408. The number of ether oxygens (including phenoxy) is 1. The number of nitrogens with one attached hydrogen (secondary N) is 4. The van der Waals surface area contributed by atoms with E-state index in [2.05, 4.69) is 45.0 Å². The number of hydrogen-bond acceptors (Lipinski definition) is 5. The van der Waals surface area contributed by atoms with Crippen molar-refractivity contribution in [3.8, 4) is 11.4 Å². The first-order chi connectivity index (χ1) is 15.2. The summed E-state index contributed by atoms with van der Waals surface area (Å²) in [5, 5.41) is 16.5. The number of nitrogens with zero attached hydrogens (tertiary/aromatic N) is 3. The molecule has 0 spiro atoms. The summed E-state index contributed by atoms with van der Waals surface area (Å²) in [7, 11) is 0. The summed E-state index contributed by atoms with van der Waals surface area (Å²) < 4.78 is 5.46. The maximum absolute atomic E-state index is 12.4. The molecule has 0 fully saturated rings. The van der Waals surface area contributed by atoms with Gasteiger partial charge >= 0.3 is 6.09 Å². The molecule has 0 aliphatic heterocycles. The van der Waals surface area contributed by atoms with E-state index in [0.717, 1.165) is 36.3 Å². The highest BCUT2D eigenvalue weighted by Crippen LogP contribution is 2.17. The predicted molar refractivity (Wildman–Crippen MR) is 127 cm³/mol. The molecule has 0 radical (unpaired) electrons. The van der Waals surface area contributed by atoms with E-state index in [9.17, 15) is 4.79 Å². The number of aromatic nitrogens is 3. The van der Waals surface area contributed by atoms with Crippen molar-refractivity contribution in [2.24, 2.45) is 4.99 Å². The first-order valence-corrected chi connectivity index (χ1v) is 11.2. The molecule has 0 bridgehead atoms. The number of aromatic amines is 1. The van der Waals surface area contributed by atoms with Gasteiger partial charge in [-0.2, -0.15) is 5.10 Å². The molecule has 1 heterocycles. The van der Waals surface area contributed by atoms with Crippen molar-refractivity contribution < 1.29 is 9.53 Å². The maximum atomic E-state index is 12.4. The zero-order valence-corrected chi connectivity index (χ0v) is 20.1. The monoisotopic (exact) mass is 443 g/mol. The Kier molecular flexibility index (Phi) is 9.04. The molecule has 4 N–H and O–H groups in total. The van der Waals surface area contributed by atoms with Crippen molar-refractivity contribution in [3.63, 3.8) is 0 Å². The lowest BCUT2D eigenvalue weighted by Crippen LogP contribution is -2.57. The molecular formula is C23H37N7O2. The van der Waals surface area contributed by atoms with Crippen LogP contribution in [0.15, 0.2) is 35.6 Å². The molecule has 0 saturated heterocycles. The average molecular weight is 444 g/mol. The quantitative estimate of drug-likeness (QED) is 0.347. The van der Waals surface area contributed by atoms with E-state index in [0.29, 0.717) is 19.0 Å². The first-order valence-electron chi connectivity index (χ1n) is 11.2. The molecule has 9 nitrogen and oxygen atoms in total. The summed E-state index contributed by atoms with van der Waals surface area (Å²) >= 11 is 0. The third-order valence-electron chi connectivity index (χ3n) is 5.09. The van der Waals surface area contributed by atoms with E-state index < -0.39 is 17.2 Å². The van der Waals surface area contributed by atoms with Gasteiger partial charge in [0, 0.05) is 18.7 Å². The molecule has 2 aromatic rings. The van der Waals surface area contributed by atoms with Crippen LogP contribution >= 0.6 is 0 Å². The third-order valence-corrected chi connectivity index (χ3v) is 5.09. The van der Waals surface area contributed by atoms with E-state index in [1.807, 2.05) is 52.0 Å². The molecule has 176 valence electrons. The minimum Gasteiger partial charge on any atom is -0.444 e. The molecule has 0 aliphatic rings. The van der Waals surface area contributed by atoms with Gasteiger partial charge in [-0.05, 0) is 52.2 Å². The fourth-order valence-electron chi connectivity index (χ4n) is 3.17. The Morgan fingerprint density at radius 2 is 1.91 bits per heavy atom. The standard InChI is InChI=1S/C23H37N7O2/c1-7-23(8-2,29-21(31)32-22(4,5)6)15-26-20(24-9-3)25-14-17-11-10-12-18(13-17)19-27-16-28-30-19/h10-13,16H,7-9,14-15H2,1-6H3,(H,29,31)(H2,24,25,26)(H,27,28,30). The Bertz CT molecular complexity index is 869. The molecule has 0 atom stereocenters. The summed E-state index contributed by atoms with van der Waals surface area (Å²) in [6.45, 7) is 13.5. The number of hydrogen-bond donors (Lipinski definition) is 4. The average Bonchev–Trinajstić information content (AvgIpc) is 3.28. The van der Waals surface area contributed by atoms with Crippen molar-refractivity contribution >= 4 is 12.1 Å². The van der Waals surface area contributed by atoms with Gasteiger partial charge in [-0.1, -0.05) is 32.0 Å². The summed E-state index contributed by atoms with van der Waals surface area (Å²) in [6.07, 6.45) is 2.60. The first kappa shape index (κ1) is 25.2. The molecule has 9 heteroatoms. The van der Waals surface area contributed by atoms with Crippen LogP contribution in [0.1, 0.15) is 59.9 Å². The molecule has 2 rings (SSSR count). The number of aliphatic imine (C=N–C) groups is 1. The smallest absolute Gasteiger partial charge is 0.408 e. The number of guanidine groups is 1. The molecule has 32 heavy (non-hydrogen) atoms. The van der Waals surface area contributed by atoms with Crippen LogP contribution in [0.5, 0.6) is 0 Å². The fraction of sp³-hybridized carbons (Fsp3) is 0.565. The number of carbonyl (C=O) groups is 1. The van der Waals surface area contributed by atoms with Crippen LogP contribution in [0.2, 0.25) is 0 Å². The van der Waals surface area contributed by atoms with Crippen molar-refractivity contribution in [2.75, 3.05) is 13.1 Å². The molecular weight excluding hydrogens is 406 g/mol. The number of rotatable bonds is 9. The van der Waals surface area contributed by atoms with Crippen molar-refractivity contribution in [1.82, 2.24) is 31.1 Å². The third kappa shape index (κ3) is 7.86. The second kappa shape index (κ2) is 11.5. The van der Waals surface area contributed by atoms with Crippen LogP contribution in [-0.2, 0) is 11.3 Å². The van der Waals surface area contributed by atoms with Crippen molar-refractivity contribution in [2.45, 2.75) is 72.1 Å². The highest BCUT2D eigenvalue weighted by atomic mass is 16.6. The lowest BCUT2D eigenvalue weighted by Gasteiger charge is -2.34. The zero-order valence-electron chi connectivity index (χ0n) is 20.1. The molecule has 0 unspecified atom stereocenters. The van der Waals surface area contributed by atoms with Gasteiger partial charge in [-0.15, -0.1) is 0 Å². The summed E-state index contributed by atoms with van der Waals surface area (Å²) in [4.78, 5) is 21.3. The molecule has 1 aromatic carbocycles. The SMILES string of the molecule is CCNC(=NCc1cccc(-c2ncn[nH]2)c1)NCC(CC)(CC)NC(=O)OC(C)(C)C. The van der Waals surface area contributed by atoms with Gasteiger partial charge in [0.1, 0.15) is 11.9 Å². The number of amides is 1. The van der Waals surface area contributed by atoms with Crippen molar-refractivity contribution in [3.05, 3.63) is 36.2 Å². The fourth-order valence-corrected chi connectivity index (χ4v) is 3.17. The summed E-state index contributed by atoms with van der Waals surface area (Å²) in [5.74, 6) is 1.42. The van der Waals surface area contributed by atoms with E-state index in [-0.39, 0.29) is 0 Å². The molecule has 0 saturated carbocycles. The lowest BCUT2D eigenvalue weighted by molar-refractivity contribution is 0.0448. The topological polar surface area (TPSA) is 116 Å². The Morgan fingerprint density at radius 1 is 1.16 bits per heavy atom. The van der Waals surface area contributed by atoms with Gasteiger partial charge in [0.2, 0.25) is 0 Å². The second-order valence-electron chi connectivity index (χ2n) is 8.70. The normalized spacial score (nSPS) is 12.4. The van der Waals surface area contributed by atoms with Gasteiger partial charge in [0.05, 0.1) is 12.1 Å². The second-order valence-corrected chi connectivity index (χ2v) is 8.70. The minimum atomic E-state index is -0.540. The summed E-state index contributed by atoms with van der Waals surface area (Å²) in [6, 6.07) is 8.03. The van der Waals surface area contributed by atoms with Gasteiger partial charge in [0.25, 0.3) is 0 Å². The van der Waals surface area contributed by atoms with Gasteiger partial charge in [-0.3, -0.25) is 5.10 Å². The number of benzene rings is 1. The van der Waals surface area contributed by atoms with Crippen molar-refractivity contribution in [1.29, 1.82) is 0 Å². The van der Waals surface area contributed by atoms with Gasteiger partial charge < -0.3 is 20.7 Å². The molecule has 1 amide bonds. The lowest BCUT2D eigenvalue weighted by atomic mass is 9.93. The Hall–Kier alpha value is -3.10. The van der Waals surface area contributed by atoms with Gasteiger partial charge in [-0.25, -0.2) is 14.8 Å². The largest absolute Gasteiger partial charge is 0.444 e. The van der Waals surface area contributed by atoms with Crippen LogP contribution in [-0.4, -0.2) is 51.5 Å². The number of alkyl carbamates (subject to hydrolysis) is 1. The number of carbonyl (C=O) groups excluding carboxylic acids is 1. The number of H-pyrrole nitrogens is 1. The zero-order chi connectivity index (χ0) is 23.6. The van der Waals surface area contributed by atoms with Gasteiger partial charge in [0.15, 0.2) is 11.8 Å². The van der Waals surface area contributed by atoms with Crippen LogP contribution < -0.4 is 16.0 Å². The molecule has 0 aliphatic carbocycles. The van der Waals surface area contributed by atoms with Crippen LogP contribution in [0.25, 0.3) is 11.4 Å². The highest BCUT2D eigenvalue weighted by Gasteiger charge is 2.30. The van der Waals surface area contributed by atoms with E-state index in [1.54, 1.807) is 0 Å². The Labute approximate surface area is 190 Å². The van der Waals surface area contributed by atoms with Crippen LogP contribution in [0.3, 0.4) is 0 Å². The maximum Gasteiger partial charge on any atom is 0.408 e.